The van der Waals surface area contributed by atoms with E-state index in [2.05, 4.69) is 40.4 Å². The van der Waals surface area contributed by atoms with Crippen LogP contribution in [0.1, 0.15) is 38.7 Å². The second-order valence-electron chi connectivity index (χ2n) is 7.72. The lowest BCUT2D eigenvalue weighted by atomic mass is 9.85. The third-order valence-corrected chi connectivity index (χ3v) is 5.51. The summed E-state index contributed by atoms with van der Waals surface area (Å²) in [5.41, 5.74) is 1.04. The molecule has 8 heteroatoms. The summed E-state index contributed by atoms with van der Waals surface area (Å²) in [6, 6.07) is 4.09. The largest absolute Gasteiger partial charge is 0.375 e. The monoisotopic (exact) mass is 432 g/mol. The lowest BCUT2D eigenvalue weighted by molar-refractivity contribution is -0.122. The Labute approximate surface area is 181 Å². The highest BCUT2D eigenvalue weighted by Crippen LogP contribution is 2.22. The number of nitrogens with zero attached hydrogens (tertiary/aromatic N) is 2. The molecule has 3 heterocycles. The van der Waals surface area contributed by atoms with Crippen LogP contribution in [0.25, 0.3) is 0 Å². The average molecular weight is 433 g/mol. The van der Waals surface area contributed by atoms with E-state index in [1.165, 1.54) is 12.8 Å². The number of carbonyl (C=O) groups excluding carboxylic acids is 1. The van der Waals surface area contributed by atoms with Crippen LogP contribution in [0.2, 0.25) is 0 Å². The van der Waals surface area contributed by atoms with Crippen molar-refractivity contribution in [1.29, 1.82) is 0 Å². The maximum Gasteiger partial charge on any atom is 0.220 e. The zero-order chi connectivity index (χ0) is 18.4. The van der Waals surface area contributed by atoms with Gasteiger partial charge in [-0.1, -0.05) is 13.0 Å². The first-order valence-electron chi connectivity index (χ1n) is 9.90. The van der Waals surface area contributed by atoms with E-state index in [4.69, 9.17) is 4.74 Å². The molecule has 3 rings (SSSR count). The second-order valence-corrected chi connectivity index (χ2v) is 7.72. The zero-order valence-corrected chi connectivity index (χ0v) is 18.5. The van der Waals surface area contributed by atoms with Crippen molar-refractivity contribution in [3.05, 3.63) is 23.9 Å². The van der Waals surface area contributed by atoms with Gasteiger partial charge in [0.2, 0.25) is 5.91 Å². The van der Waals surface area contributed by atoms with Crippen molar-refractivity contribution >= 4 is 36.5 Å². The third kappa shape index (κ3) is 7.39. The molecule has 2 N–H and O–H groups in total. The molecular formula is C20H34Cl2N4O2. The Balaban J connectivity index is 0.00000196. The molecule has 3 atom stereocenters. The van der Waals surface area contributed by atoms with Crippen LogP contribution in [-0.2, 0) is 16.1 Å². The maximum absolute atomic E-state index is 12.2. The summed E-state index contributed by atoms with van der Waals surface area (Å²) in [4.78, 5) is 19.1. The van der Waals surface area contributed by atoms with Crippen LogP contribution in [0.4, 0.5) is 5.82 Å². The van der Waals surface area contributed by atoms with Gasteiger partial charge in [0.1, 0.15) is 5.82 Å². The van der Waals surface area contributed by atoms with Gasteiger partial charge in [-0.25, -0.2) is 4.98 Å². The van der Waals surface area contributed by atoms with E-state index in [9.17, 15) is 4.79 Å². The van der Waals surface area contributed by atoms with E-state index in [-0.39, 0.29) is 36.8 Å². The van der Waals surface area contributed by atoms with Crippen molar-refractivity contribution in [2.45, 2.75) is 45.8 Å². The van der Waals surface area contributed by atoms with Crippen molar-refractivity contribution in [2.75, 3.05) is 37.7 Å². The van der Waals surface area contributed by atoms with E-state index in [1.54, 1.807) is 0 Å². The van der Waals surface area contributed by atoms with Crippen LogP contribution in [0.15, 0.2) is 18.3 Å². The van der Waals surface area contributed by atoms with Gasteiger partial charge in [0.15, 0.2) is 0 Å². The molecule has 0 aliphatic carbocycles. The fourth-order valence-electron chi connectivity index (χ4n) is 3.83. The lowest BCUT2D eigenvalue weighted by Gasteiger charge is -2.32. The van der Waals surface area contributed by atoms with Gasteiger partial charge in [0.25, 0.3) is 0 Å². The molecule has 2 saturated heterocycles. The van der Waals surface area contributed by atoms with Gasteiger partial charge in [0, 0.05) is 32.3 Å². The zero-order valence-electron chi connectivity index (χ0n) is 16.9. The van der Waals surface area contributed by atoms with Gasteiger partial charge in [-0.15, -0.1) is 24.8 Å². The molecule has 1 aromatic heterocycles. The van der Waals surface area contributed by atoms with Gasteiger partial charge in [0.05, 0.1) is 12.7 Å². The molecule has 160 valence electrons. The SMILES string of the molecule is CC1CN(c2ccc(CNC(=O)CC(C)C3CCCNC3)cn2)CCO1.Cl.Cl. The minimum absolute atomic E-state index is 0. The van der Waals surface area contributed by atoms with Crippen LogP contribution in [-0.4, -0.2) is 49.8 Å². The van der Waals surface area contributed by atoms with E-state index in [1.807, 2.05) is 12.3 Å². The summed E-state index contributed by atoms with van der Waals surface area (Å²) in [6.07, 6.45) is 5.16. The molecule has 2 fully saturated rings. The topological polar surface area (TPSA) is 66.5 Å². The molecule has 28 heavy (non-hydrogen) atoms. The van der Waals surface area contributed by atoms with Gasteiger partial charge in [-0.3, -0.25) is 4.79 Å². The number of hydrogen-bond acceptors (Lipinski definition) is 5. The number of anilines is 1. The Morgan fingerprint density at radius 3 is 2.89 bits per heavy atom. The first-order valence-corrected chi connectivity index (χ1v) is 9.90. The Hall–Kier alpha value is -1.08. The Bertz CT molecular complexity index is 582. The minimum atomic E-state index is 0. The average Bonchev–Trinajstić information content (AvgIpc) is 2.67. The second kappa shape index (κ2) is 12.5. The number of carbonyl (C=O) groups is 1. The standard InChI is InChI=1S/C20H32N4O2.2ClH/c1-15(18-4-3-7-21-13-18)10-20(25)23-12-17-5-6-19(22-11-17)24-8-9-26-16(2)14-24;;/h5-6,11,15-16,18,21H,3-4,7-10,12-14H2,1-2H3,(H,23,25);2*1H. The van der Waals surface area contributed by atoms with Crippen LogP contribution >= 0.6 is 24.8 Å². The molecule has 2 aliphatic rings. The summed E-state index contributed by atoms with van der Waals surface area (Å²) in [7, 11) is 0. The number of rotatable bonds is 6. The van der Waals surface area contributed by atoms with E-state index in [0.29, 0.717) is 24.8 Å². The fourth-order valence-corrected chi connectivity index (χ4v) is 3.83. The van der Waals surface area contributed by atoms with Crippen molar-refractivity contribution in [1.82, 2.24) is 15.6 Å². The Morgan fingerprint density at radius 1 is 1.43 bits per heavy atom. The van der Waals surface area contributed by atoms with Crippen LogP contribution in [0.3, 0.4) is 0 Å². The predicted octanol–water partition coefficient (Wildman–Crippen LogP) is 2.79. The first-order chi connectivity index (χ1) is 12.6. The number of hydrogen-bond donors (Lipinski definition) is 2. The Morgan fingerprint density at radius 2 is 2.25 bits per heavy atom. The van der Waals surface area contributed by atoms with Crippen molar-refractivity contribution in [3.8, 4) is 0 Å². The first kappa shape index (κ1) is 25.0. The number of pyridine rings is 1. The highest BCUT2D eigenvalue weighted by Gasteiger charge is 2.22. The summed E-state index contributed by atoms with van der Waals surface area (Å²) >= 11 is 0. The van der Waals surface area contributed by atoms with Gasteiger partial charge < -0.3 is 20.3 Å². The molecule has 0 bridgehead atoms. The van der Waals surface area contributed by atoms with Gasteiger partial charge in [-0.2, -0.15) is 0 Å². The summed E-state index contributed by atoms with van der Waals surface area (Å²) in [5.74, 6) is 2.15. The van der Waals surface area contributed by atoms with Gasteiger partial charge >= 0.3 is 0 Å². The maximum atomic E-state index is 12.2. The van der Waals surface area contributed by atoms with Gasteiger partial charge in [-0.05, 0) is 56.3 Å². The minimum Gasteiger partial charge on any atom is -0.375 e. The predicted molar refractivity (Wildman–Crippen MR) is 118 cm³/mol. The molecule has 0 saturated carbocycles. The van der Waals surface area contributed by atoms with Crippen LogP contribution in [0.5, 0.6) is 0 Å². The van der Waals surface area contributed by atoms with E-state index >= 15 is 0 Å². The van der Waals surface area contributed by atoms with E-state index in [0.717, 1.165) is 44.2 Å². The molecule has 0 radical (unpaired) electrons. The normalized spacial score (nSPS) is 23.1. The number of aromatic nitrogens is 1. The third-order valence-electron chi connectivity index (χ3n) is 5.51. The number of amides is 1. The molecule has 3 unspecified atom stereocenters. The van der Waals surface area contributed by atoms with Crippen molar-refractivity contribution in [3.63, 3.8) is 0 Å². The number of halogens is 2. The number of nitrogens with one attached hydrogen (secondary N) is 2. The lowest BCUT2D eigenvalue weighted by Crippen LogP contribution is -2.41. The highest BCUT2D eigenvalue weighted by molar-refractivity contribution is 5.85. The molecular weight excluding hydrogens is 399 g/mol. The van der Waals surface area contributed by atoms with Crippen molar-refractivity contribution < 1.29 is 9.53 Å². The molecule has 0 spiro atoms. The fraction of sp³-hybridized carbons (Fsp3) is 0.700. The smallest absolute Gasteiger partial charge is 0.220 e. The highest BCUT2D eigenvalue weighted by atomic mass is 35.5. The number of piperidine rings is 1. The number of morpholine rings is 1. The molecule has 6 nitrogen and oxygen atoms in total. The Kier molecular flexibility index (Phi) is 11.1. The van der Waals surface area contributed by atoms with Crippen LogP contribution < -0.4 is 15.5 Å². The summed E-state index contributed by atoms with van der Waals surface area (Å²) < 4.78 is 5.57. The number of ether oxygens (including phenoxy) is 1. The molecule has 1 aromatic rings. The summed E-state index contributed by atoms with van der Waals surface area (Å²) in [5, 5.41) is 6.47. The molecule has 0 aromatic carbocycles. The summed E-state index contributed by atoms with van der Waals surface area (Å²) in [6.45, 7) is 9.47. The van der Waals surface area contributed by atoms with Crippen molar-refractivity contribution in [2.24, 2.45) is 11.8 Å². The van der Waals surface area contributed by atoms with E-state index < -0.39 is 0 Å². The quantitative estimate of drug-likeness (QED) is 0.723. The van der Waals surface area contributed by atoms with Crippen LogP contribution in [0, 0.1) is 11.8 Å². The molecule has 2 aliphatic heterocycles. The molecule has 1 amide bonds.